The summed E-state index contributed by atoms with van der Waals surface area (Å²) < 4.78 is 69.8. The maximum absolute atomic E-state index is 14.8. The van der Waals surface area contributed by atoms with Crippen LogP contribution < -0.4 is 10.6 Å². The molecular formula is C52H90N4O14SSi2. The average Bonchev–Trinajstić information content (AvgIpc) is 3.69. The Morgan fingerprint density at radius 3 is 1.95 bits per heavy atom. The van der Waals surface area contributed by atoms with Crippen molar-refractivity contribution in [2.24, 2.45) is 32.7 Å². The first-order valence-electron chi connectivity index (χ1n) is 26.6. The molecule has 0 aromatic rings. The molecule has 7 unspecified atom stereocenters. The molecule has 0 aromatic carbocycles. The maximum atomic E-state index is 14.8. The van der Waals surface area contributed by atoms with E-state index in [0.717, 1.165) is 18.6 Å². The van der Waals surface area contributed by atoms with E-state index in [-0.39, 0.29) is 46.5 Å². The van der Waals surface area contributed by atoms with Crippen LogP contribution in [0.15, 0.2) is 9.98 Å². The predicted octanol–water partition coefficient (Wildman–Crippen LogP) is 9.18. The van der Waals surface area contributed by atoms with Crippen LogP contribution in [0.2, 0.25) is 34.8 Å². The van der Waals surface area contributed by atoms with Crippen LogP contribution >= 0.6 is 11.8 Å². The quantitative estimate of drug-likeness (QED) is 0.0348. The number of nitrogens with zero attached hydrogens (tertiary/aromatic N) is 2. The number of alkyl carbamates (subject to hydrolysis) is 2. The SMILES string of the molecule is CCOC1O[C@@H]2C3(O[Si](C(C)C)(C(C)C)C(C)C)OC4C(O[Si](C)(C)C(C)(C)C)[C@]2(N=C(NC(=O)OC(C)(C)C)NC(=O)OC(C)(C)C)C1C(O3)[C@@]4(OCSC)[C@H](O)[C@@H]1N=C2C(OC1=O)[C@H]1CC[C@]2(C)C1(C)C. The molecule has 5 aliphatic heterocycles. The van der Waals surface area contributed by atoms with E-state index in [1.54, 1.807) is 41.5 Å². The van der Waals surface area contributed by atoms with Gasteiger partial charge in [-0.15, -0.1) is 11.8 Å². The van der Waals surface area contributed by atoms with Gasteiger partial charge in [0.15, 0.2) is 32.4 Å². The second kappa shape index (κ2) is 19.3. The number of hydrogen-bond donors (Lipinski definition) is 3. The van der Waals surface area contributed by atoms with Crippen LogP contribution in [0.3, 0.4) is 0 Å². The van der Waals surface area contributed by atoms with Crippen LogP contribution in [-0.4, -0.2) is 148 Å². The minimum Gasteiger partial charge on any atom is -0.454 e. The van der Waals surface area contributed by atoms with Crippen LogP contribution in [0.5, 0.6) is 0 Å². The van der Waals surface area contributed by atoms with Crippen LogP contribution in [0.25, 0.3) is 0 Å². The highest BCUT2D eigenvalue weighted by Gasteiger charge is 2.90. The number of aliphatic hydroxyl groups is 1. The lowest BCUT2D eigenvalue weighted by molar-refractivity contribution is -0.526. The molecule has 5 heterocycles. The molecule has 3 saturated carbocycles. The van der Waals surface area contributed by atoms with Gasteiger partial charge in [-0.05, 0) is 108 Å². The van der Waals surface area contributed by atoms with Crippen molar-refractivity contribution >= 4 is 58.2 Å². The first-order valence-corrected chi connectivity index (χ1v) is 33.0. The molecule has 0 radical (unpaired) electrons. The highest BCUT2D eigenvalue weighted by molar-refractivity contribution is 7.98. The van der Waals surface area contributed by atoms with Gasteiger partial charge in [-0.25, -0.2) is 19.4 Å². The molecule has 14 atom stereocenters. The molecule has 2 amide bonds. The Morgan fingerprint density at radius 2 is 1.45 bits per heavy atom. The zero-order valence-electron chi connectivity index (χ0n) is 47.9. The van der Waals surface area contributed by atoms with Gasteiger partial charge in [0.1, 0.15) is 47.3 Å². The first-order chi connectivity index (χ1) is 33.4. The van der Waals surface area contributed by atoms with E-state index in [1.165, 1.54) is 11.8 Å². The number of amides is 2. The highest BCUT2D eigenvalue weighted by atomic mass is 32.2. The third-order valence-electron chi connectivity index (χ3n) is 18.0. The largest absolute Gasteiger partial charge is 0.454 e. The molecule has 0 spiro atoms. The standard InChI is InChI=1S/C52H90N4O14SSi2/c1-23-61-40-31-36-51(62-26-71-20,35(57)32-39(58)63-33-30-24-25-49(19,34(33)53-32)48(30,17)18)38-37(69-72(21,22)47(14,15)16)50(31,56-42(54-43(59)67-45(8,9)10)55-44(60)68-46(11,12)13)41(64-40)52(65-36,66-38)70-73(27(2)3,28(4)5)29(6)7/h27-33,35-38,40-41,57H,23-26H2,1-22H3,(H2,54,55,56,59,60)/t30-,31?,32+,33?,35-,36?,37?,38?,40?,41+,49+,50-,51+,52?/m1/s1. The molecule has 0 aromatic heterocycles. The minimum absolute atomic E-state index is 0.000723. The van der Waals surface area contributed by atoms with Gasteiger partial charge in [0.2, 0.25) is 14.3 Å². The smallest absolute Gasteiger partial charge is 0.414 e. The summed E-state index contributed by atoms with van der Waals surface area (Å²) in [6, 6.07) is -1.48. The van der Waals surface area contributed by atoms with Crippen LogP contribution in [-0.2, 0) is 51.5 Å². The molecule has 18 nitrogen and oxygen atoms in total. The summed E-state index contributed by atoms with van der Waals surface area (Å²) in [5, 5.41) is 18.8. The summed E-state index contributed by atoms with van der Waals surface area (Å²) in [6.07, 6.45) is -6.91. The predicted molar refractivity (Wildman–Crippen MR) is 283 cm³/mol. The van der Waals surface area contributed by atoms with Crippen molar-refractivity contribution in [1.82, 2.24) is 10.6 Å². The van der Waals surface area contributed by atoms with E-state index >= 15 is 0 Å². The summed E-state index contributed by atoms with van der Waals surface area (Å²) in [7, 11) is -6.12. The van der Waals surface area contributed by atoms with Crippen molar-refractivity contribution in [3.63, 3.8) is 0 Å². The van der Waals surface area contributed by atoms with E-state index < -0.39 is 128 Å². The van der Waals surface area contributed by atoms with E-state index in [9.17, 15) is 19.5 Å². The topological polar surface area (TPSA) is 213 Å². The number of aliphatic hydroxyl groups excluding tert-OH is 1. The first kappa shape index (κ1) is 58.5. The summed E-state index contributed by atoms with van der Waals surface area (Å²) >= 11 is 1.37. The molecule has 3 aliphatic carbocycles. The Morgan fingerprint density at radius 1 is 0.904 bits per heavy atom. The molecule has 416 valence electrons. The number of fused-ring (bicyclic) bond motifs is 5. The van der Waals surface area contributed by atoms with Crippen molar-refractivity contribution in [2.45, 2.75) is 256 Å². The average molecular weight is 1080 g/mol. The van der Waals surface area contributed by atoms with Crippen molar-refractivity contribution < 1.29 is 66.2 Å². The van der Waals surface area contributed by atoms with Gasteiger partial charge in [0.05, 0.1) is 17.6 Å². The Hall–Kier alpha value is -2.19. The van der Waals surface area contributed by atoms with Gasteiger partial charge < -0.3 is 51.9 Å². The molecule has 4 saturated heterocycles. The van der Waals surface area contributed by atoms with Gasteiger partial charge in [-0.1, -0.05) is 83.1 Å². The van der Waals surface area contributed by atoms with E-state index in [0.29, 0.717) is 0 Å². The number of aliphatic imine (C=N–C) groups is 2. The Kier molecular flexibility index (Phi) is 15.5. The number of carbonyl (C=O) groups excluding carboxylic acids is 3. The highest BCUT2D eigenvalue weighted by Crippen LogP contribution is 2.70. The number of thioether (sulfide) groups is 1. The monoisotopic (exact) mass is 1080 g/mol. The minimum atomic E-state index is -3.09. The number of carbonyl (C=O) groups is 3. The second-order valence-electron chi connectivity index (χ2n) is 26.7. The van der Waals surface area contributed by atoms with Crippen LogP contribution in [0.4, 0.5) is 9.59 Å². The summed E-state index contributed by atoms with van der Waals surface area (Å²) in [6.45, 7) is 42.3. The molecule has 3 N–H and O–H groups in total. The number of guanidine groups is 1. The molecule has 8 bridgehead atoms. The number of esters is 1. The number of rotatable bonds is 15. The Balaban J connectivity index is 1.58. The van der Waals surface area contributed by atoms with Gasteiger partial charge in [-0.3, -0.25) is 15.6 Å². The van der Waals surface area contributed by atoms with Crippen molar-refractivity contribution in [3.05, 3.63) is 0 Å². The van der Waals surface area contributed by atoms with Gasteiger partial charge in [0, 0.05) is 17.9 Å². The van der Waals surface area contributed by atoms with E-state index in [1.807, 2.05) is 13.2 Å². The zero-order chi connectivity index (χ0) is 54.8. The second-order valence-corrected chi connectivity index (χ2v) is 37.7. The van der Waals surface area contributed by atoms with Crippen LogP contribution in [0.1, 0.15) is 144 Å². The number of nitrogens with one attached hydrogen (secondary N) is 2. The summed E-state index contributed by atoms with van der Waals surface area (Å²) in [5.41, 5.74) is -5.52. The Labute approximate surface area is 441 Å². The lowest BCUT2D eigenvalue weighted by Crippen LogP contribution is -2.92. The van der Waals surface area contributed by atoms with Crippen LogP contribution in [0, 0.1) is 22.7 Å². The lowest BCUT2D eigenvalue weighted by atomic mass is 9.55. The van der Waals surface area contributed by atoms with Gasteiger partial charge in [0.25, 0.3) is 0 Å². The maximum Gasteiger partial charge on any atom is 0.414 e. The summed E-state index contributed by atoms with van der Waals surface area (Å²) in [4.78, 5) is 53.7. The fraction of sp³-hybridized carbons (Fsp3) is 0.904. The Bertz CT molecular complexity index is 2140. The lowest BCUT2D eigenvalue weighted by Gasteiger charge is -2.72. The normalized spacial score (nSPS) is 36.8. The zero-order valence-corrected chi connectivity index (χ0v) is 50.7. The number of ether oxygens (including phenoxy) is 8. The van der Waals surface area contributed by atoms with E-state index in [4.69, 9.17) is 56.7 Å². The molecule has 8 aliphatic rings. The number of hydrogen-bond acceptors (Lipinski definition) is 17. The molecule has 7 fully saturated rings. The molecular weight excluding hydrogens is 993 g/mol. The molecule has 8 rings (SSSR count). The summed E-state index contributed by atoms with van der Waals surface area (Å²) in [5.74, 6) is -4.13. The molecule has 73 heavy (non-hydrogen) atoms. The van der Waals surface area contributed by atoms with Crippen molar-refractivity contribution in [2.75, 3.05) is 18.8 Å². The molecule has 21 heteroatoms. The van der Waals surface area contributed by atoms with Gasteiger partial charge in [-0.2, -0.15) is 0 Å². The fourth-order valence-electron chi connectivity index (χ4n) is 13.5. The van der Waals surface area contributed by atoms with E-state index in [2.05, 4.69) is 107 Å². The fourth-order valence-corrected chi connectivity index (χ4v) is 20.5. The van der Waals surface area contributed by atoms with Gasteiger partial charge >= 0.3 is 24.1 Å². The third-order valence-corrected chi connectivity index (χ3v) is 28.8. The van der Waals surface area contributed by atoms with Crippen molar-refractivity contribution in [1.29, 1.82) is 0 Å². The third kappa shape index (κ3) is 9.30. The van der Waals surface area contributed by atoms with Crippen molar-refractivity contribution in [3.8, 4) is 0 Å².